The van der Waals surface area contributed by atoms with Gasteiger partial charge in [-0.25, -0.2) is 9.69 Å². The minimum Gasteiger partial charge on any atom is -0.488 e. The Morgan fingerprint density at radius 2 is 1.72 bits per heavy atom. The number of imide groups is 2. The number of amides is 4. The fourth-order valence-corrected chi connectivity index (χ4v) is 3.42. The number of para-hydroxylation sites is 1. The Bertz CT molecular complexity index is 1230. The number of hydrogen-bond acceptors (Lipinski definition) is 4. The van der Waals surface area contributed by atoms with E-state index < -0.39 is 17.8 Å². The Balaban J connectivity index is 1.63. The third-order valence-electron chi connectivity index (χ3n) is 4.90. The molecule has 0 saturated carbocycles. The Morgan fingerprint density at radius 1 is 0.969 bits per heavy atom. The van der Waals surface area contributed by atoms with Crippen molar-refractivity contribution < 1.29 is 19.1 Å². The molecule has 4 rings (SSSR count). The third kappa shape index (κ3) is 4.55. The zero-order valence-electron chi connectivity index (χ0n) is 17.2. The summed E-state index contributed by atoms with van der Waals surface area (Å²) in [6, 6.07) is 20.5. The highest BCUT2D eigenvalue weighted by Crippen LogP contribution is 2.27. The lowest BCUT2D eigenvalue weighted by Gasteiger charge is -2.26. The minimum absolute atomic E-state index is 0.184. The predicted molar refractivity (Wildman–Crippen MR) is 122 cm³/mol. The molecule has 4 amide bonds. The van der Waals surface area contributed by atoms with Gasteiger partial charge in [0.15, 0.2) is 0 Å². The number of barbiturate groups is 1. The molecule has 1 saturated heterocycles. The highest BCUT2D eigenvalue weighted by Gasteiger charge is 2.37. The second-order valence-electron chi connectivity index (χ2n) is 7.25. The van der Waals surface area contributed by atoms with Gasteiger partial charge in [0.25, 0.3) is 11.8 Å². The molecule has 1 aliphatic heterocycles. The molecule has 0 unspecified atom stereocenters. The van der Waals surface area contributed by atoms with Crippen molar-refractivity contribution in [1.29, 1.82) is 0 Å². The van der Waals surface area contributed by atoms with E-state index in [2.05, 4.69) is 5.32 Å². The molecule has 32 heavy (non-hydrogen) atoms. The number of anilines is 1. The molecule has 7 heteroatoms. The quantitative estimate of drug-likeness (QED) is 0.447. The van der Waals surface area contributed by atoms with Crippen LogP contribution in [0.1, 0.15) is 16.7 Å². The summed E-state index contributed by atoms with van der Waals surface area (Å²) in [7, 11) is 0. The number of ether oxygens (including phenoxy) is 1. The molecule has 1 aliphatic rings. The van der Waals surface area contributed by atoms with Crippen LogP contribution in [0, 0.1) is 6.92 Å². The van der Waals surface area contributed by atoms with Gasteiger partial charge in [0.2, 0.25) is 0 Å². The van der Waals surface area contributed by atoms with Gasteiger partial charge in [-0.2, -0.15) is 0 Å². The number of nitrogens with zero attached hydrogens (tertiary/aromatic N) is 1. The monoisotopic (exact) mass is 446 g/mol. The average Bonchev–Trinajstić information content (AvgIpc) is 2.77. The Hall–Kier alpha value is -3.90. The summed E-state index contributed by atoms with van der Waals surface area (Å²) >= 11 is 6.00. The molecule has 0 atom stereocenters. The number of benzene rings is 3. The van der Waals surface area contributed by atoms with E-state index in [-0.39, 0.29) is 11.3 Å². The molecule has 3 aromatic rings. The first-order valence-electron chi connectivity index (χ1n) is 9.87. The molecule has 0 aromatic heterocycles. The van der Waals surface area contributed by atoms with E-state index in [0.717, 1.165) is 16.0 Å². The smallest absolute Gasteiger partial charge is 0.335 e. The standard InChI is InChI=1S/C25H19ClN2O4/c1-16-9-11-17(12-10-16)15-32-22-8-3-2-5-18(22)13-21-23(29)27-25(31)28(24(21)30)20-7-4-6-19(26)14-20/h2-14H,15H2,1H3,(H,27,29,31)/b21-13+. The van der Waals surface area contributed by atoms with E-state index in [1.807, 2.05) is 31.2 Å². The van der Waals surface area contributed by atoms with Crippen molar-refractivity contribution >= 4 is 41.2 Å². The maximum absolute atomic E-state index is 13.1. The molecule has 0 aliphatic carbocycles. The molecule has 6 nitrogen and oxygen atoms in total. The lowest BCUT2D eigenvalue weighted by atomic mass is 10.1. The lowest BCUT2D eigenvalue weighted by molar-refractivity contribution is -0.122. The van der Waals surface area contributed by atoms with E-state index in [4.69, 9.17) is 16.3 Å². The fourth-order valence-electron chi connectivity index (χ4n) is 3.24. The van der Waals surface area contributed by atoms with Gasteiger partial charge >= 0.3 is 6.03 Å². The maximum Gasteiger partial charge on any atom is 0.335 e. The van der Waals surface area contributed by atoms with Gasteiger partial charge in [-0.3, -0.25) is 14.9 Å². The molecule has 1 N–H and O–H groups in total. The third-order valence-corrected chi connectivity index (χ3v) is 5.14. The van der Waals surface area contributed by atoms with Crippen molar-refractivity contribution in [3.63, 3.8) is 0 Å². The first kappa shape index (κ1) is 21.3. The van der Waals surface area contributed by atoms with Crippen LogP contribution in [-0.4, -0.2) is 17.8 Å². The largest absolute Gasteiger partial charge is 0.488 e. The van der Waals surface area contributed by atoms with Crippen LogP contribution in [0.25, 0.3) is 6.08 Å². The summed E-state index contributed by atoms with van der Waals surface area (Å²) in [6.07, 6.45) is 1.42. The molecule has 0 radical (unpaired) electrons. The van der Waals surface area contributed by atoms with Crippen molar-refractivity contribution in [2.45, 2.75) is 13.5 Å². The Kier molecular flexibility index (Phi) is 6.05. The summed E-state index contributed by atoms with van der Waals surface area (Å²) in [4.78, 5) is 38.8. The molecule has 1 fully saturated rings. The van der Waals surface area contributed by atoms with E-state index in [1.54, 1.807) is 42.5 Å². The van der Waals surface area contributed by atoms with Crippen LogP contribution in [0.15, 0.2) is 78.4 Å². The molecule has 160 valence electrons. The van der Waals surface area contributed by atoms with E-state index in [1.165, 1.54) is 12.1 Å². The first-order chi connectivity index (χ1) is 15.4. The van der Waals surface area contributed by atoms with Crippen molar-refractivity contribution in [1.82, 2.24) is 5.32 Å². The number of nitrogens with one attached hydrogen (secondary N) is 1. The number of aryl methyl sites for hydroxylation is 1. The second kappa shape index (κ2) is 9.08. The van der Waals surface area contributed by atoms with Gasteiger partial charge in [-0.05, 0) is 42.8 Å². The van der Waals surface area contributed by atoms with Gasteiger partial charge in [0.05, 0.1) is 5.69 Å². The molecule has 0 spiro atoms. The molecule has 3 aromatic carbocycles. The maximum atomic E-state index is 13.1. The highest BCUT2D eigenvalue weighted by molar-refractivity contribution is 6.39. The van der Waals surface area contributed by atoms with Crippen LogP contribution in [0.4, 0.5) is 10.5 Å². The van der Waals surface area contributed by atoms with Crippen LogP contribution >= 0.6 is 11.6 Å². The highest BCUT2D eigenvalue weighted by atomic mass is 35.5. The van der Waals surface area contributed by atoms with Crippen LogP contribution in [-0.2, 0) is 16.2 Å². The van der Waals surface area contributed by atoms with Gasteiger partial charge in [0.1, 0.15) is 17.9 Å². The van der Waals surface area contributed by atoms with Gasteiger partial charge in [-0.15, -0.1) is 0 Å². The molecule has 0 bridgehead atoms. The van der Waals surface area contributed by atoms with E-state index in [0.29, 0.717) is 22.9 Å². The van der Waals surface area contributed by atoms with Gasteiger partial charge in [-0.1, -0.05) is 65.7 Å². The second-order valence-corrected chi connectivity index (χ2v) is 7.69. The van der Waals surface area contributed by atoms with E-state index >= 15 is 0 Å². The van der Waals surface area contributed by atoms with Crippen LogP contribution in [0.3, 0.4) is 0 Å². The van der Waals surface area contributed by atoms with Crippen molar-refractivity contribution in [2.75, 3.05) is 4.90 Å². The summed E-state index contributed by atoms with van der Waals surface area (Å²) in [5, 5.41) is 2.57. The minimum atomic E-state index is -0.830. The number of hydrogen-bond donors (Lipinski definition) is 1. The summed E-state index contributed by atoms with van der Waals surface area (Å²) in [5.41, 5.74) is 2.76. The zero-order valence-corrected chi connectivity index (χ0v) is 17.9. The Labute approximate surface area is 190 Å². The molecule has 1 heterocycles. The predicted octanol–water partition coefficient (Wildman–Crippen LogP) is 4.89. The van der Waals surface area contributed by atoms with Crippen molar-refractivity contribution in [3.05, 3.63) is 100 Å². The average molecular weight is 447 g/mol. The normalized spacial score (nSPS) is 15.1. The Morgan fingerprint density at radius 3 is 2.47 bits per heavy atom. The summed E-state index contributed by atoms with van der Waals surface area (Å²) in [6.45, 7) is 2.34. The molecular weight excluding hydrogens is 428 g/mol. The zero-order chi connectivity index (χ0) is 22.7. The van der Waals surface area contributed by atoms with Crippen LogP contribution in [0.5, 0.6) is 5.75 Å². The first-order valence-corrected chi connectivity index (χ1v) is 10.2. The fraction of sp³-hybridized carbons (Fsp3) is 0.0800. The topological polar surface area (TPSA) is 75.7 Å². The molecular formula is C25H19ClN2O4. The van der Waals surface area contributed by atoms with E-state index in [9.17, 15) is 14.4 Å². The summed E-state index contributed by atoms with van der Waals surface area (Å²) in [5.74, 6) is -1.01. The number of carbonyl (C=O) groups is 3. The SMILES string of the molecule is Cc1ccc(COc2ccccc2/C=C2\C(=O)NC(=O)N(c3cccc(Cl)c3)C2=O)cc1. The van der Waals surface area contributed by atoms with Gasteiger partial charge < -0.3 is 4.74 Å². The van der Waals surface area contributed by atoms with Crippen molar-refractivity contribution in [3.8, 4) is 5.75 Å². The number of urea groups is 1. The van der Waals surface area contributed by atoms with Crippen LogP contribution in [0.2, 0.25) is 5.02 Å². The number of halogens is 1. The number of rotatable bonds is 5. The van der Waals surface area contributed by atoms with Gasteiger partial charge in [0, 0.05) is 10.6 Å². The van der Waals surface area contributed by atoms with Crippen molar-refractivity contribution in [2.24, 2.45) is 0 Å². The number of carbonyl (C=O) groups excluding carboxylic acids is 3. The lowest BCUT2D eigenvalue weighted by Crippen LogP contribution is -2.54. The summed E-state index contributed by atoms with van der Waals surface area (Å²) < 4.78 is 5.94. The van der Waals surface area contributed by atoms with Crippen LogP contribution < -0.4 is 15.0 Å².